The summed E-state index contributed by atoms with van der Waals surface area (Å²) in [5, 5.41) is 75.1. The summed E-state index contributed by atoms with van der Waals surface area (Å²) in [4.78, 5) is 64.6. The number of aliphatic hydroxyl groups excluding tert-OH is 6. The van der Waals surface area contributed by atoms with Crippen LogP contribution in [0.5, 0.6) is 0 Å². The van der Waals surface area contributed by atoms with E-state index in [9.17, 15) is 59.7 Å². The SMILES string of the molecule is C[C@H]1/C=C/C=C/C=C/C=C/C=C/C=C/C=C/[C@H](O[C@@H]2O[C@H](C)[C@@H](O)[C@H](N)[C@@H]2O)C[C@@H]2OC(CCC[C@@H](O)CCCC(=O)CC(O)CC(=O)CC(=O)O[C@@H]1[C@@H](C)C[C@H](C)[C@@H](O)CC(=O)c1ccc(N)cc1)C[C@H](O)[C@H]2C(=O)O. The van der Waals surface area contributed by atoms with Crippen molar-refractivity contribution in [1.29, 1.82) is 0 Å². The lowest BCUT2D eigenvalue weighted by Crippen LogP contribution is -2.61. The van der Waals surface area contributed by atoms with E-state index in [1.807, 2.05) is 51.2 Å². The van der Waals surface area contributed by atoms with E-state index in [0.717, 1.165) is 0 Å². The van der Waals surface area contributed by atoms with Crippen molar-refractivity contribution >= 4 is 35.0 Å². The van der Waals surface area contributed by atoms with Crippen molar-refractivity contribution in [3.8, 4) is 0 Å². The number of aliphatic hydroxyl groups is 6. The lowest BCUT2D eigenvalue weighted by atomic mass is 9.83. The second-order valence-electron chi connectivity index (χ2n) is 20.9. The van der Waals surface area contributed by atoms with Crippen LogP contribution in [0.15, 0.2) is 109 Å². The molecule has 0 radical (unpaired) electrons. The number of nitrogen functional groups attached to an aromatic ring is 1. The van der Waals surface area contributed by atoms with Crippen LogP contribution in [0.1, 0.15) is 122 Å². The zero-order valence-corrected chi connectivity index (χ0v) is 44.9. The number of allylic oxidation sites excluding steroid dienone is 12. The molecule has 11 N–H and O–H groups in total. The number of fused-ring (bicyclic) bond motifs is 2. The van der Waals surface area contributed by atoms with E-state index in [0.29, 0.717) is 43.4 Å². The number of ketones is 3. The van der Waals surface area contributed by atoms with E-state index in [-0.39, 0.29) is 67.8 Å². The van der Waals surface area contributed by atoms with E-state index in [1.165, 1.54) is 0 Å². The van der Waals surface area contributed by atoms with Gasteiger partial charge < -0.3 is 66.2 Å². The Labute approximate surface area is 452 Å². The van der Waals surface area contributed by atoms with Crippen LogP contribution in [-0.2, 0) is 38.1 Å². The first kappa shape index (κ1) is 64.3. The first-order chi connectivity index (χ1) is 36.6. The fourth-order valence-electron chi connectivity index (χ4n) is 9.89. The standard InChI is InChI=1S/C59H84N2O16/c1-36-19-15-13-11-9-7-5-6-8-10-12-14-16-23-47(76-59-56(71)54(61)55(70)39(4)74-59)34-51-53(58(72)73)50(68)33-46(75-51)24-18-21-42(62)20-17-22-43(63)30-44(64)31-45(65)32-52(69)77-57(36)38(3)29-37(2)48(66)35-49(67)40-25-27-41(60)28-26-40/h5-16,19,23,25-28,36-39,42,44,46-48,50-51,53-57,59,62,64,66,68,70-71H,17-18,20-22,24,29-35,60-61H2,1-4H3,(H,72,73)/b6-5+,9-7+,10-8+,13-11+,14-12+,19-15+,23-16+/t36-,37-,38-,39+,42-,44?,46?,47-,48-,50-,51-,53+,54-,55+,56-,57-,59-/m0/s1. The van der Waals surface area contributed by atoms with Gasteiger partial charge in [0, 0.05) is 55.7 Å². The van der Waals surface area contributed by atoms with Crippen LogP contribution in [0.4, 0.5) is 5.69 Å². The number of esters is 1. The van der Waals surface area contributed by atoms with Crippen LogP contribution < -0.4 is 11.5 Å². The molecule has 1 aromatic rings. The summed E-state index contributed by atoms with van der Waals surface area (Å²) in [6.07, 6.45) is 13.3. The number of hydrogen-bond donors (Lipinski definition) is 9. The van der Waals surface area contributed by atoms with E-state index in [4.69, 9.17) is 30.4 Å². The zero-order valence-electron chi connectivity index (χ0n) is 44.9. The highest BCUT2D eigenvalue weighted by molar-refractivity contribution is 5.97. The molecule has 0 aliphatic carbocycles. The number of ether oxygens (including phenoxy) is 4. The minimum absolute atomic E-state index is 0.0369. The quantitative estimate of drug-likeness (QED) is 0.0606. The van der Waals surface area contributed by atoms with Gasteiger partial charge in [-0.1, -0.05) is 106 Å². The van der Waals surface area contributed by atoms with Gasteiger partial charge in [0.15, 0.2) is 12.1 Å². The molecular formula is C59H84N2O16. The molecule has 3 heterocycles. The molecule has 0 spiro atoms. The topological polar surface area (TPSA) is 316 Å². The number of carbonyl (C=O) groups excluding carboxylic acids is 4. The molecule has 2 fully saturated rings. The van der Waals surface area contributed by atoms with Crippen molar-refractivity contribution in [2.24, 2.45) is 29.4 Å². The van der Waals surface area contributed by atoms with E-state index >= 15 is 0 Å². The third-order valence-corrected chi connectivity index (χ3v) is 14.3. The number of rotatable bonds is 10. The van der Waals surface area contributed by atoms with Crippen LogP contribution in [0.25, 0.3) is 0 Å². The maximum atomic E-state index is 13.3. The van der Waals surface area contributed by atoms with Gasteiger partial charge in [0.2, 0.25) is 0 Å². The molecule has 2 unspecified atom stereocenters. The average Bonchev–Trinajstić information content (AvgIpc) is 3.36. The number of anilines is 1. The van der Waals surface area contributed by atoms with E-state index in [1.54, 1.807) is 85.9 Å². The summed E-state index contributed by atoms with van der Waals surface area (Å²) < 4.78 is 24.2. The van der Waals surface area contributed by atoms with Crippen LogP contribution in [0, 0.1) is 23.7 Å². The highest BCUT2D eigenvalue weighted by Gasteiger charge is 2.46. The molecule has 2 bridgehead atoms. The lowest BCUT2D eigenvalue weighted by Gasteiger charge is -2.42. The van der Waals surface area contributed by atoms with Gasteiger partial charge in [0.1, 0.15) is 36.1 Å². The molecule has 77 heavy (non-hydrogen) atoms. The molecule has 1 aromatic carbocycles. The molecule has 18 heteroatoms. The number of nitrogens with two attached hydrogens (primary N) is 2. The van der Waals surface area contributed by atoms with Crippen molar-refractivity contribution in [2.45, 2.75) is 191 Å². The average molecular weight is 1080 g/mol. The first-order valence-corrected chi connectivity index (χ1v) is 27.0. The van der Waals surface area contributed by atoms with Crippen molar-refractivity contribution in [2.75, 3.05) is 5.73 Å². The normalized spacial score (nSPS) is 35.6. The molecule has 0 aromatic heterocycles. The second-order valence-corrected chi connectivity index (χ2v) is 20.9. The predicted molar refractivity (Wildman–Crippen MR) is 290 cm³/mol. The Bertz CT molecular complexity index is 2240. The molecule has 3 aliphatic heterocycles. The number of benzene rings is 1. The number of carboxylic acid groups (broad SMARTS) is 1. The van der Waals surface area contributed by atoms with Crippen LogP contribution >= 0.6 is 0 Å². The molecule has 17 atom stereocenters. The minimum Gasteiger partial charge on any atom is -0.481 e. The summed E-state index contributed by atoms with van der Waals surface area (Å²) in [7, 11) is 0. The minimum atomic E-state index is -1.41. The molecule has 18 nitrogen and oxygen atoms in total. The van der Waals surface area contributed by atoms with Gasteiger partial charge in [-0.05, 0) is 81.5 Å². The Morgan fingerprint density at radius 1 is 0.740 bits per heavy atom. The molecule has 2 saturated heterocycles. The lowest BCUT2D eigenvalue weighted by molar-refractivity contribution is -0.279. The van der Waals surface area contributed by atoms with Gasteiger partial charge in [0.05, 0.1) is 61.0 Å². The summed E-state index contributed by atoms with van der Waals surface area (Å²) >= 11 is 0. The number of Topliss-reactive ketones (excluding diaryl/α,β-unsaturated/α-hetero) is 3. The summed E-state index contributed by atoms with van der Waals surface area (Å²) in [6.45, 7) is 7.14. The number of hydrogen-bond acceptors (Lipinski definition) is 17. The molecule has 3 aliphatic rings. The highest BCUT2D eigenvalue weighted by atomic mass is 16.7. The number of aliphatic carboxylic acids is 1. The van der Waals surface area contributed by atoms with E-state index < -0.39 is 116 Å². The maximum absolute atomic E-state index is 13.3. The smallest absolute Gasteiger partial charge is 0.313 e. The van der Waals surface area contributed by atoms with Gasteiger partial charge >= 0.3 is 11.9 Å². The molecule has 0 amide bonds. The molecule has 0 saturated carbocycles. The Morgan fingerprint density at radius 2 is 1.32 bits per heavy atom. The zero-order chi connectivity index (χ0) is 56.6. The summed E-state index contributed by atoms with van der Waals surface area (Å²) in [6, 6.07) is 5.38. The van der Waals surface area contributed by atoms with Gasteiger partial charge in [-0.3, -0.25) is 24.0 Å². The Balaban J connectivity index is 1.50. The largest absolute Gasteiger partial charge is 0.481 e. The highest BCUT2D eigenvalue weighted by Crippen LogP contribution is 2.34. The van der Waals surface area contributed by atoms with Crippen LogP contribution in [-0.4, -0.2) is 145 Å². The number of cyclic esters (lactones) is 1. The van der Waals surface area contributed by atoms with Crippen molar-refractivity contribution in [1.82, 2.24) is 0 Å². The van der Waals surface area contributed by atoms with Gasteiger partial charge in [0.25, 0.3) is 0 Å². The molecule has 4 rings (SSSR count). The third-order valence-electron chi connectivity index (χ3n) is 14.3. The van der Waals surface area contributed by atoms with Gasteiger partial charge in [-0.2, -0.15) is 0 Å². The van der Waals surface area contributed by atoms with Crippen molar-refractivity contribution < 1.29 is 78.7 Å². The van der Waals surface area contributed by atoms with Crippen LogP contribution in [0.3, 0.4) is 0 Å². The third kappa shape index (κ3) is 22.6. The maximum Gasteiger partial charge on any atom is 0.313 e. The predicted octanol–water partition coefficient (Wildman–Crippen LogP) is 5.48. The van der Waals surface area contributed by atoms with Crippen LogP contribution in [0.2, 0.25) is 0 Å². The van der Waals surface area contributed by atoms with E-state index in [2.05, 4.69) is 0 Å². The number of carboxylic acids is 1. The Kier molecular flexibility index (Phi) is 27.8. The Morgan fingerprint density at radius 3 is 1.95 bits per heavy atom. The van der Waals surface area contributed by atoms with Crippen molar-refractivity contribution in [3.63, 3.8) is 0 Å². The number of carbonyl (C=O) groups is 5. The first-order valence-electron chi connectivity index (χ1n) is 27.0. The molecular weight excluding hydrogens is 993 g/mol. The fraction of sp³-hybridized carbons (Fsp3) is 0.576. The Hall–Kier alpha value is -5.25. The van der Waals surface area contributed by atoms with Crippen molar-refractivity contribution in [3.05, 3.63) is 115 Å². The fourth-order valence-corrected chi connectivity index (χ4v) is 9.89. The molecule has 426 valence electrons. The van der Waals surface area contributed by atoms with Gasteiger partial charge in [-0.25, -0.2) is 0 Å². The second kappa shape index (κ2) is 33.2. The summed E-state index contributed by atoms with van der Waals surface area (Å²) in [5.41, 5.74) is 12.8. The monoisotopic (exact) mass is 1080 g/mol. The summed E-state index contributed by atoms with van der Waals surface area (Å²) in [5.74, 6) is -5.59. The van der Waals surface area contributed by atoms with Gasteiger partial charge in [-0.15, -0.1) is 0 Å².